The Morgan fingerprint density at radius 3 is 2.46 bits per heavy atom. The molecule has 1 aromatic heterocycles. The van der Waals surface area contributed by atoms with Crippen LogP contribution in [0.2, 0.25) is 0 Å². The van der Waals surface area contributed by atoms with Crippen LogP contribution in [0.5, 0.6) is 0 Å². The van der Waals surface area contributed by atoms with E-state index < -0.39 is 15.6 Å². The Morgan fingerprint density at radius 1 is 1.07 bits per heavy atom. The first-order valence-corrected chi connectivity index (χ1v) is 10.8. The SMILES string of the molecule is Cc1ccc(NC(=O)Cn2cc(S(=O)(=O)N3CCCCC3)ccc2=O)c(C)c1. The van der Waals surface area contributed by atoms with Gasteiger partial charge in [-0.15, -0.1) is 0 Å². The van der Waals surface area contributed by atoms with Gasteiger partial charge in [0, 0.05) is 31.0 Å². The minimum atomic E-state index is -3.67. The third-order valence-electron chi connectivity index (χ3n) is 4.88. The summed E-state index contributed by atoms with van der Waals surface area (Å²) >= 11 is 0. The number of piperidine rings is 1. The molecule has 0 unspecified atom stereocenters. The predicted octanol–water partition coefficient (Wildman–Crippen LogP) is 2.28. The minimum absolute atomic E-state index is 0.0355. The summed E-state index contributed by atoms with van der Waals surface area (Å²) in [7, 11) is -3.67. The summed E-state index contributed by atoms with van der Waals surface area (Å²) in [6, 6.07) is 8.16. The molecule has 0 bridgehead atoms. The lowest BCUT2D eigenvalue weighted by molar-refractivity contribution is -0.116. The molecule has 0 radical (unpaired) electrons. The largest absolute Gasteiger partial charge is 0.324 e. The Kier molecular flexibility index (Phi) is 6.00. The number of pyridine rings is 1. The molecule has 1 saturated heterocycles. The molecule has 8 heteroatoms. The summed E-state index contributed by atoms with van der Waals surface area (Å²) < 4.78 is 28.2. The van der Waals surface area contributed by atoms with Crippen molar-refractivity contribution in [1.29, 1.82) is 0 Å². The maximum atomic E-state index is 12.8. The molecule has 2 heterocycles. The molecule has 1 aliphatic rings. The molecular formula is C20H25N3O4S. The van der Waals surface area contributed by atoms with E-state index in [1.165, 1.54) is 22.6 Å². The fourth-order valence-electron chi connectivity index (χ4n) is 3.34. The van der Waals surface area contributed by atoms with Crippen molar-refractivity contribution >= 4 is 21.6 Å². The number of sulfonamides is 1. The van der Waals surface area contributed by atoms with Crippen LogP contribution < -0.4 is 10.9 Å². The van der Waals surface area contributed by atoms with Gasteiger partial charge in [-0.1, -0.05) is 24.1 Å². The van der Waals surface area contributed by atoms with Gasteiger partial charge in [0.15, 0.2) is 0 Å². The summed E-state index contributed by atoms with van der Waals surface area (Å²) in [5.74, 6) is -0.387. The van der Waals surface area contributed by atoms with Gasteiger partial charge in [0.2, 0.25) is 15.9 Å². The van der Waals surface area contributed by atoms with Crippen LogP contribution in [0.4, 0.5) is 5.69 Å². The highest BCUT2D eigenvalue weighted by Gasteiger charge is 2.26. The monoisotopic (exact) mass is 403 g/mol. The maximum Gasteiger partial charge on any atom is 0.251 e. The van der Waals surface area contributed by atoms with Crippen LogP contribution in [0.3, 0.4) is 0 Å². The van der Waals surface area contributed by atoms with Crippen LogP contribution in [0, 0.1) is 13.8 Å². The number of hydrogen-bond acceptors (Lipinski definition) is 4. The van der Waals surface area contributed by atoms with Gasteiger partial charge in [-0.25, -0.2) is 8.42 Å². The maximum absolute atomic E-state index is 12.8. The Hall–Kier alpha value is -2.45. The molecule has 7 nitrogen and oxygen atoms in total. The lowest BCUT2D eigenvalue weighted by atomic mass is 10.1. The van der Waals surface area contributed by atoms with Gasteiger partial charge in [0.1, 0.15) is 6.54 Å². The van der Waals surface area contributed by atoms with Crippen molar-refractivity contribution in [2.24, 2.45) is 0 Å². The van der Waals surface area contributed by atoms with Gasteiger partial charge in [-0.2, -0.15) is 4.31 Å². The van der Waals surface area contributed by atoms with Crippen molar-refractivity contribution in [3.8, 4) is 0 Å². The predicted molar refractivity (Wildman–Crippen MR) is 108 cm³/mol. The number of carbonyl (C=O) groups excluding carboxylic acids is 1. The number of carbonyl (C=O) groups is 1. The minimum Gasteiger partial charge on any atom is -0.324 e. The second-order valence-corrected chi connectivity index (χ2v) is 9.10. The second kappa shape index (κ2) is 8.28. The number of benzene rings is 1. The third kappa shape index (κ3) is 4.51. The summed E-state index contributed by atoms with van der Waals surface area (Å²) in [5.41, 5.74) is 2.25. The van der Waals surface area contributed by atoms with Gasteiger partial charge in [0.05, 0.1) is 4.90 Å². The summed E-state index contributed by atoms with van der Waals surface area (Å²) in [6.07, 6.45) is 3.94. The standard InChI is InChI=1S/C20H25N3O4S/c1-15-6-8-18(16(2)12-15)21-19(24)14-22-13-17(7-9-20(22)25)28(26,27)23-10-4-3-5-11-23/h6-9,12-13H,3-5,10-11,14H2,1-2H3,(H,21,24). The molecular weight excluding hydrogens is 378 g/mol. The van der Waals surface area contributed by atoms with Crippen molar-refractivity contribution in [1.82, 2.24) is 8.87 Å². The number of aryl methyl sites for hydroxylation is 2. The molecule has 1 N–H and O–H groups in total. The lowest BCUT2D eigenvalue weighted by Crippen LogP contribution is -2.36. The average Bonchev–Trinajstić information content (AvgIpc) is 2.66. The van der Waals surface area contributed by atoms with Crippen molar-refractivity contribution in [3.05, 3.63) is 58.0 Å². The van der Waals surface area contributed by atoms with E-state index in [0.29, 0.717) is 18.8 Å². The number of aromatic nitrogens is 1. The van der Waals surface area contributed by atoms with E-state index in [1.807, 2.05) is 32.0 Å². The van der Waals surface area contributed by atoms with Gasteiger partial charge in [-0.05, 0) is 44.4 Å². The Morgan fingerprint density at radius 2 is 1.79 bits per heavy atom. The van der Waals surface area contributed by atoms with Gasteiger partial charge < -0.3 is 9.88 Å². The molecule has 0 atom stereocenters. The van der Waals surface area contributed by atoms with Crippen molar-refractivity contribution in [2.45, 2.75) is 44.6 Å². The first kappa shape index (κ1) is 20.3. The lowest BCUT2D eigenvalue weighted by Gasteiger charge is -2.26. The number of amides is 1. The zero-order valence-electron chi connectivity index (χ0n) is 16.1. The van der Waals surface area contributed by atoms with Gasteiger partial charge in [-0.3, -0.25) is 9.59 Å². The van der Waals surface area contributed by atoms with E-state index >= 15 is 0 Å². The molecule has 1 amide bonds. The van der Waals surface area contributed by atoms with Gasteiger partial charge in [0.25, 0.3) is 5.56 Å². The van der Waals surface area contributed by atoms with Crippen LogP contribution in [0.15, 0.2) is 46.2 Å². The van der Waals surface area contributed by atoms with E-state index in [0.717, 1.165) is 35.0 Å². The van der Waals surface area contributed by atoms with Crippen LogP contribution in [0.1, 0.15) is 30.4 Å². The number of anilines is 1. The normalized spacial score (nSPS) is 15.4. The zero-order valence-corrected chi connectivity index (χ0v) is 17.0. The van der Waals surface area contributed by atoms with Gasteiger partial charge >= 0.3 is 0 Å². The van der Waals surface area contributed by atoms with Crippen LogP contribution in [-0.4, -0.2) is 36.3 Å². The van der Waals surface area contributed by atoms with E-state index in [4.69, 9.17) is 0 Å². The first-order chi connectivity index (χ1) is 13.3. The number of rotatable bonds is 5. The molecule has 2 aromatic rings. The Balaban J connectivity index is 1.79. The molecule has 0 saturated carbocycles. The van der Waals surface area contributed by atoms with E-state index in [2.05, 4.69) is 5.32 Å². The fourth-order valence-corrected chi connectivity index (χ4v) is 4.88. The molecule has 1 aliphatic heterocycles. The van der Waals surface area contributed by atoms with E-state index in [9.17, 15) is 18.0 Å². The molecule has 150 valence electrons. The smallest absolute Gasteiger partial charge is 0.251 e. The number of hydrogen-bond donors (Lipinski definition) is 1. The zero-order chi connectivity index (χ0) is 20.3. The molecule has 1 aromatic carbocycles. The highest BCUT2D eigenvalue weighted by molar-refractivity contribution is 7.89. The summed E-state index contributed by atoms with van der Waals surface area (Å²) in [5, 5.41) is 2.78. The van der Waals surface area contributed by atoms with Crippen LogP contribution in [-0.2, 0) is 21.4 Å². The fraction of sp³-hybridized carbons (Fsp3) is 0.400. The first-order valence-electron chi connectivity index (χ1n) is 9.35. The third-order valence-corrected chi connectivity index (χ3v) is 6.76. The Labute approximate surface area is 165 Å². The molecule has 3 rings (SSSR count). The number of nitrogens with zero attached hydrogens (tertiary/aromatic N) is 2. The van der Waals surface area contributed by atoms with Crippen LogP contribution >= 0.6 is 0 Å². The van der Waals surface area contributed by atoms with Crippen molar-refractivity contribution in [2.75, 3.05) is 18.4 Å². The van der Waals surface area contributed by atoms with E-state index in [1.54, 1.807) is 0 Å². The molecule has 0 spiro atoms. The molecule has 0 aliphatic carbocycles. The van der Waals surface area contributed by atoms with Crippen LogP contribution in [0.25, 0.3) is 0 Å². The second-order valence-electron chi connectivity index (χ2n) is 7.16. The average molecular weight is 404 g/mol. The highest BCUT2D eigenvalue weighted by Crippen LogP contribution is 2.20. The van der Waals surface area contributed by atoms with Crippen molar-refractivity contribution in [3.63, 3.8) is 0 Å². The summed E-state index contributed by atoms with van der Waals surface area (Å²) in [4.78, 5) is 24.6. The Bertz CT molecular complexity index is 1040. The molecule has 1 fully saturated rings. The number of nitrogens with one attached hydrogen (secondary N) is 1. The van der Waals surface area contributed by atoms with Crippen molar-refractivity contribution < 1.29 is 13.2 Å². The topological polar surface area (TPSA) is 88.5 Å². The molecule has 28 heavy (non-hydrogen) atoms. The highest BCUT2D eigenvalue weighted by atomic mass is 32.2. The summed E-state index contributed by atoms with van der Waals surface area (Å²) in [6.45, 7) is 4.56. The quantitative estimate of drug-likeness (QED) is 0.830. The van der Waals surface area contributed by atoms with E-state index in [-0.39, 0.29) is 17.3 Å².